The van der Waals surface area contributed by atoms with Gasteiger partial charge in [0.05, 0.1) is 10.9 Å². The molecule has 0 radical (unpaired) electrons. The number of nitrogens with zero attached hydrogens (tertiary/aromatic N) is 2. The van der Waals surface area contributed by atoms with Crippen LogP contribution in [0.3, 0.4) is 0 Å². The normalized spacial score (nSPS) is 21.7. The van der Waals surface area contributed by atoms with Crippen LogP contribution >= 0.6 is 11.8 Å². The molecular formula is C28H33FN2O10S. The van der Waals surface area contributed by atoms with Crippen LogP contribution in [0.25, 0.3) is 0 Å². The van der Waals surface area contributed by atoms with Crippen molar-refractivity contribution in [2.24, 2.45) is 0 Å². The van der Waals surface area contributed by atoms with Gasteiger partial charge in [-0.1, -0.05) is 12.1 Å². The molecule has 5 atom stereocenters. The number of esters is 4. The van der Waals surface area contributed by atoms with E-state index >= 15 is 0 Å². The summed E-state index contributed by atoms with van der Waals surface area (Å²) in [5.41, 5.74) is 0.801. The lowest BCUT2D eigenvalue weighted by molar-refractivity contribution is -0.190. The lowest BCUT2D eigenvalue weighted by Gasteiger charge is -2.43. The Balaban J connectivity index is 2.10. The van der Waals surface area contributed by atoms with E-state index in [2.05, 4.69) is 5.10 Å². The number of aromatic nitrogens is 2. The van der Waals surface area contributed by atoms with Crippen molar-refractivity contribution >= 4 is 41.5 Å². The molecule has 2 heterocycles. The van der Waals surface area contributed by atoms with E-state index in [4.69, 9.17) is 23.7 Å². The second-order valence-corrected chi connectivity index (χ2v) is 11.1. The van der Waals surface area contributed by atoms with Crippen molar-refractivity contribution in [3.8, 4) is 5.88 Å². The summed E-state index contributed by atoms with van der Waals surface area (Å²) in [4.78, 5) is 60.3. The first kappa shape index (κ1) is 32.6. The Labute approximate surface area is 246 Å². The maximum absolute atomic E-state index is 14.3. The summed E-state index contributed by atoms with van der Waals surface area (Å²) in [5, 5.41) is 3.50. The van der Waals surface area contributed by atoms with E-state index in [9.17, 15) is 28.4 Å². The van der Waals surface area contributed by atoms with Crippen LogP contribution in [0.4, 0.5) is 4.39 Å². The molecule has 12 nitrogen and oxygen atoms in total. The maximum atomic E-state index is 14.3. The molecule has 1 saturated heterocycles. The summed E-state index contributed by atoms with van der Waals surface area (Å²) < 4.78 is 43.4. The molecule has 14 heteroatoms. The van der Waals surface area contributed by atoms with E-state index < -0.39 is 64.6 Å². The van der Waals surface area contributed by atoms with Crippen molar-refractivity contribution in [2.45, 2.75) is 83.9 Å². The minimum absolute atomic E-state index is 0.0166. The number of rotatable bonds is 9. The molecule has 0 aliphatic carbocycles. The molecule has 0 amide bonds. The molecule has 1 aromatic carbocycles. The van der Waals surface area contributed by atoms with Gasteiger partial charge in [-0.15, -0.1) is 16.9 Å². The first-order valence-electron chi connectivity index (χ1n) is 13.0. The van der Waals surface area contributed by atoms with Gasteiger partial charge in [-0.2, -0.15) is 0 Å². The highest BCUT2D eigenvalue weighted by molar-refractivity contribution is 8.00. The first-order valence-corrected chi connectivity index (χ1v) is 13.9. The number of halogens is 1. The summed E-state index contributed by atoms with van der Waals surface area (Å²) >= 11 is 1.00. The Kier molecular flexibility index (Phi) is 10.7. The highest BCUT2D eigenvalue weighted by atomic mass is 32.2. The quantitative estimate of drug-likeness (QED) is 0.304. The fourth-order valence-electron chi connectivity index (χ4n) is 4.46. The summed E-state index contributed by atoms with van der Waals surface area (Å²) in [7, 11) is 0. The second kappa shape index (κ2) is 13.8. The van der Waals surface area contributed by atoms with E-state index in [0.717, 1.165) is 37.2 Å². The molecule has 4 unspecified atom stereocenters. The molecule has 228 valence electrons. The smallest absolute Gasteiger partial charge is 0.303 e. The Hall–Kier alpha value is -3.94. The molecule has 0 spiro atoms. The minimum atomic E-state index is -1.35. The van der Waals surface area contributed by atoms with E-state index in [0.29, 0.717) is 22.4 Å². The van der Waals surface area contributed by atoms with Crippen LogP contribution in [0.5, 0.6) is 5.88 Å². The highest BCUT2D eigenvalue weighted by Crippen LogP contribution is 2.40. The van der Waals surface area contributed by atoms with Crippen LogP contribution < -0.4 is 4.74 Å². The van der Waals surface area contributed by atoms with Gasteiger partial charge >= 0.3 is 23.9 Å². The molecule has 0 saturated carbocycles. The fourth-order valence-corrected chi connectivity index (χ4v) is 5.83. The van der Waals surface area contributed by atoms with Crippen LogP contribution in [0.1, 0.15) is 61.8 Å². The topological polar surface area (TPSA) is 149 Å². The summed E-state index contributed by atoms with van der Waals surface area (Å²) in [6.45, 7) is 8.96. The van der Waals surface area contributed by atoms with Gasteiger partial charge in [-0.05, 0) is 31.0 Å². The van der Waals surface area contributed by atoms with Gasteiger partial charge in [0, 0.05) is 46.6 Å². The number of hydrogen-bond acceptors (Lipinski definition) is 12. The average molecular weight is 609 g/mol. The van der Waals surface area contributed by atoms with Gasteiger partial charge < -0.3 is 23.7 Å². The molecule has 1 aromatic heterocycles. The molecule has 0 bridgehead atoms. The first-order chi connectivity index (χ1) is 19.7. The van der Waals surface area contributed by atoms with Crippen molar-refractivity contribution in [3.63, 3.8) is 0 Å². The average Bonchev–Trinajstić information content (AvgIpc) is 3.18. The van der Waals surface area contributed by atoms with Crippen molar-refractivity contribution < 1.29 is 52.0 Å². The molecule has 2 aromatic rings. The number of carbonyl (C=O) groups excluding carboxylic acids is 5. The molecule has 0 N–H and O–H groups in total. The van der Waals surface area contributed by atoms with E-state index in [-0.39, 0.29) is 18.9 Å². The molecular weight excluding hydrogens is 575 g/mol. The Morgan fingerprint density at radius 3 is 2.02 bits per heavy atom. The van der Waals surface area contributed by atoms with Crippen LogP contribution in [0, 0.1) is 19.7 Å². The van der Waals surface area contributed by atoms with Crippen molar-refractivity contribution in [1.29, 1.82) is 0 Å². The van der Waals surface area contributed by atoms with E-state index in [1.54, 1.807) is 26.0 Å². The number of ether oxygens (including phenoxy) is 5. The van der Waals surface area contributed by atoms with Crippen molar-refractivity contribution in [2.75, 3.05) is 6.61 Å². The predicted molar refractivity (Wildman–Crippen MR) is 146 cm³/mol. The van der Waals surface area contributed by atoms with Gasteiger partial charge in [0.15, 0.2) is 23.7 Å². The zero-order valence-corrected chi connectivity index (χ0v) is 25.1. The maximum Gasteiger partial charge on any atom is 0.303 e. The molecule has 1 aliphatic rings. The molecule has 1 fully saturated rings. The lowest BCUT2D eigenvalue weighted by atomic mass is 10.0. The zero-order valence-electron chi connectivity index (χ0n) is 24.3. The number of aryl methyl sites for hydroxylation is 1. The Morgan fingerprint density at radius 2 is 1.48 bits per heavy atom. The monoisotopic (exact) mass is 608 g/mol. The Bertz CT molecular complexity index is 1380. The number of benzene rings is 1. The summed E-state index contributed by atoms with van der Waals surface area (Å²) in [6.07, 6.45) is -3.72. The Morgan fingerprint density at radius 1 is 0.881 bits per heavy atom. The van der Waals surface area contributed by atoms with Crippen LogP contribution in [0.15, 0.2) is 18.2 Å². The number of carbonyl (C=O) groups is 5. The highest BCUT2D eigenvalue weighted by Gasteiger charge is 2.53. The lowest BCUT2D eigenvalue weighted by Crippen LogP contribution is -2.59. The van der Waals surface area contributed by atoms with Crippen molar-refractivity contribution in [1.82, 2.24) is 9.78 Å². The van der Waals surface area contributed by atoms with E-state index in [1.165, 1.54) is 19.9 Å². The molecule has 42 heavy (non-hydrogen) atoms. The third kappa shape index (κ3) is 8.08. The van der Waals surface area contributed by atoms with Crippen molar-refractivity contribution in [3.05, 3.63) is 46.4 Å². The SMILES string of the molecule is CC(=O)OC[C@H]1SC(Oc2nn(C(C)=O)c(C)c2Cc2ccc(C)c(F)c2)C(OC(C)=O)C(OC(C)=O)C1OC(C)=O. The third-order valence-corrected chi connectivity index (χ3v) is 7.68. The molecule has 1 aliphatic heterocycles. The second-order valence-electron chi connectivity index (χ2n) is 9.75. The largest absolute Gasteiger partial charge is 0.465 e. The summed E-state index contributed by atoms with van der Waals surface area (Å²) in [5.74, 6) is -3.65. The molecule has 3 rings (SSSR count). The predicted octanol–water partition coefficient (Wildman–Crippen LogP) is 3.07. The van der Waals surface area contributed by atoms with E-state index in [1.807, 2.05) is 0 Å². The van der Waals surface area contributed by atoms with Crippen LogP contribution in [0.2, 0.25) is 0 Å². The summed E-state index contributed by atoms with van der Waals surface area (Å²) in [6, 6.07) is 4.73. The van der Waals surface area contributed by atoms with Gasteiger partial charge in [-0.3, -0.25) is 24.0 Å². The van der Waals surface area contributed by atoms with Gasteiger partial charge in [0.25, 0.3) is 0 Å². The standard InChI is InChI=1S/C28H33FN2O10S/c1-13-8-9-20(11-22(13)29)10-21-14(2)31(15(3)32)30-27(21)41-28-26(40-19(7)36)25(39-18(6)35)24(38-17(5)34)23(42-28)12-37-16(4)33/h8-9,11,23-26,28H,10,12H2,1-7H3/t23-,24?,25?,26?,28?/m1/s1. The van der Waals surface area contributed by atoms with Crippen LogP contribution in [-0.4, -0.2) is 75.2 Å². The van der Waals surface area contributed by atoms with Gasteiger partial charge in [-0.25, -0.2) is 9.07 Å². The van der Waals surface area contributed by atoms with Gasteiger partial charge in [0.1, 0.15) is 12.4 Å². The van der Waals surface area contributed by atoms with Crippen LogP contribution in [-0.2, 0) is 44.5 Å². The minimum Gasteiger partial charge on any atom is -0.465 e. The third-order valence-electron chi connectivity index (χ3n) is 6.29. The zero-order chi connectivity index (χ0) is 31.3. The van der Waals surface area contributed by atoms with Gasteiger partial charge in [0.2, 0.25) is 11.8 Å². The fraction of sp³-hybridized carbons (Fsp3) is 0.500. The number of hydrogen-bond donors (Lipinski definition) is 0. The number of thioether (sulfide) groups is 1.